The van der Waals surface area contributed by atoms with Crippen molar-refractivity contribution in [2.45, 2.75) is 6.42 Å². The van der Waals surface area contributed by atoms with Crippen molar-refractivity contribution in [2.75, 3.05) is 5.73 Å². The molecule has 0 bridgehead atoms. The molecule has 2 N–H and O–H groups in total. The van der Waals surface area contributed by atoms with Gasteiger partial charge in [-0.2, -0.15) is 0 Å². The lowest BCUT2D eigenvalue weighted by molar-refractivity contribution is 1.19. The summed E-state index contributed by atoms with van der Waals surface area (Å²) in [5.74, 6) is 0. The van der Waals surface area contributed by atoms with Gasteiger partial charge in [0.1, 0.15) is 0 Å². The number of halogens is 1. The van der Waals surface area contributed by atoms with Crippen LogP contribution in [0.15, 0.2) is 53.0 Å². The van der Waals surface area contributed by atoms with Crippen LogP contribution < -0.4 is 5.73 Å². The van der Waals surface area contributed by atoms with Crippen LogP contribution >= 0.6 is 15.9 Å². The highest BCUT2D eigenvalue weighted by molar-refractivity contribution is 9.10. The molecule has 0 amide bonds. The number of anilines is 1. The molecule has 0 heterocycles. The molecule has 2 rings (SSSR count). The molecule has 2 aromatic carbocycles. The minimum Gasteiger partial charge on any atom is -0.398 e. The summed E-state index contributed by atoms with van der Waals surface area (Å²) in [6, 6.07) is 16.3. The second kappa shape index (κ2) is 4.49. The second-order valence-corrected chi connectivity index (χ2v) is 4.42. The molecule has 1 nitrogen and oxygen atoms in total. The van der Waals surface area contributed by atoms with Gasteiger partial charge in [0.05, 0.1) is 0 Å². The van der Waals surface area contributed by atoms with Gasteiger partial charge in [0.2, 0.25) is 0 Å². The van der Waals surface area contributed by atoms with E-state index in [4.69, 9.17) is 5.73 Å². The molecule has 0 aromatic heterocycles. The molecule has 0 radical (unpaired) electrons. The number of rotatable bonds is 2. The normalized spacial score (nSPS) is 10.2. The SMILES string of the molecule is Nc1ccccc1Cc1cccc(Br)c1. The van der Waals surface area contributed by atoms with Gasteiger partial charge < -0.3 is 5.73 Å². The van der Waals surface area contributed by atoms with E-state index in [2.05, 4.69) is 34.1 Å². The predicted octanol–water partition coefficient (Wildman–Crippen LogP) is 3.62. The molecule has 2 aromatic rings. The first-order valence-corrected chi connectivity index (χ1v) is 5.63. The van der Waals surface area contributed by atoms with Crippen molar-refractivity contribution < 1.29 is 0 Å². The van der Waals surface area contributed by atoms with Crippen LogP contribution in [0.2, 0.25) is 0 Å². The van der Waals surface area contributed by atoms with Crippen LogP contribution in [0.1, 0.15) is 11.1 Å². The van der Waals surface area contributed by atoms with Gasteiger partial charge in [0.25, 0.3) is 0 Å². The van der Waals surface area contributed by atoms with E-state index in [-0.39, 0.29) is 0 Å². The lowest BCUT2D eigenvalue weighted by Crippen LogP contribution is -1.94. The van der Waals surface area contributed by atoms with E-state index in [1.54, 1.807) is 0 Å². The summed E-state index contributed by atoms with van der Waals surface area (Å²) >= 11 is 3.46. The molecule has 76 valence electrons. The van der Waals surface area contributed by atoms with Gasteiger partial charge in [-0.15, -0.1) is 0 Å². The maximum atomic E-state index is 5.89. The zero-order valence-corrected chi connectivity index (χ0v) is 9.87. The smallest absolute Gasteiger partial charge is 0.0349 e. The Kier molecular flexibility index (Phi) is 3.07. The van der Waals surface area contributed by atoms with Gasteiger partial charge in [-0.3, -0.25) is 0 Å². The molecule has 0 saturated carbocycles. The average molecular weight is 262 g/mol. The summed E-state index contributed by atoms with van der Waals surface area (Å²) in [6.07, 6.45) is 0.881. The molecule has 0 aliphatic rings. The first-order chi connectivity index (χ1) is 7.25. The Balaban J connectivity index is 2.26. The number of para-hydroxylation sites is 1. The fourth-order valence-electron chi connectivity index (χ4n) is 1.56. The topological polar surface area (TPSA) is 26.0 Å². The van der Waals surface area contributed by atoms with E-state index < -0.39 is 0 Å². The third kappa shape index (κ3) is 2.60. The van der Waals surface area contributed by atoms with Gasteiger partial charge in [0.15, 0.2) is 0 Å². The van der Waals surface area contributed by atoms with Crippen LogP contribution in [-0.4, -0.2) is 0 Å². The fraction of sp³-hybridized carbons (Fsp3) is 0.0769. The molecular formula is C13H12BrN. The van der Waals surface area contributed by atoms with Crippen molar-refractivity contribution in [3.63, 3.8) is 0 Å². The molecular weight excluding hydrogens is 250 g/mol. The van der Waals surface area contributed by atoms with Gasteiger partial charge in [-0.25, -0.2) is 0 Å². The quantitative estimate of drug-likeness (QED) is 0.822. The summed E-state index contributed by atoms with van der Waals surface area (Å²) < 4.78 is 1.11. The molecule has 2 heteroatoms. The molecule has 0 atom stereocenters. The number of hydrogen-bond donors (Lipinski definition) is 1. The van der Waals surface area contributed by atoms with Crippen LogP contribution in [0.5, 0.6) is 0 Å². The summed E-state index contributed by atoms with van der Waals surface area (Å²) in [5, 5.41) is 0. The number of hydrogen-bond acceptors (Lipinski definition) is 1. The maximum Gasteiger partial charge on any atom is 0.0349 e. The summed E-state index contributed by atoms with van der Waals surface area (Å²) in [6.45, 7) is 0. The number of nitrogen functional groups attached to an aromatic ring is 1. The lowest BCUT2D eigenvalue weighted by atomic mass is 10.0. The highest BCUT2D eigenvalue weighted by Crippen LogP contribution is 2.18. The number of nitrogens with two attached hydrogens (primary N) is 1. The largest absolute Gasteiger partial charge is 0.398 e. The van der Waals surface area contributed by atoms with E-state index in [0.29, 0.717) is 0 Å². The molecule has 0 aliphatic heterocycles. The van der Waals surface area contributed by atoms with E-state index in [1.165, 1.54) is 11.1 Å². The van der Waals surface area contributed by atoms with Gasteiger partial charge in [-0.1, -0.05) is 46.3 Å². The maximum absolute atomic E-state index is 5.89. The molecule has 0 saturated heterocycles. The van der Waals surface area contributed by atoms with Crippen molar-refractivity contribution >= 4 is 21.6 Å². The first kappa shape index (κ1) is 10.2. The molecule has 0 spiro atoms. The fourth-order valence-corrected chi connectivity index (χ4v) is 2.01. The van der Waals surface area contributed by atoms with E-state index in [0.717, 1.165) is 16.6 Å². The summed E-state index contributed by atoms with van der Waals surface area (Å²) in [5.41, 5.74) is 9.20. The minimum atomic E-state index is 0.859. The molecule has 0 fully saturated rings. The number of benzene rings is 2. The van der Waals surface area contributed by atoms with E-state index >= 15 is 0 Å². The highest BCUT2D eigenvalue weighted by atomic mass is 79.9. The lowest BCUT2D eigenvalue weighted by Gasteiger charge is -2.05. The van der Waals surface area contributed by atoms with Crippen molar-refractivity contribution in [3.8, 4) is 0 Å². The Labute approximate surface area is 98.1 Å². The first-order valence-electron chi connectivity index (χ1n) is 4.83. The summed E-state index contributed by atoms with van der Waals surface area (Å²) in [7, 11) is 0. The summed E-state index contributed by atoms with van der Waals surface area (Å²) in [4.78, 5) is 0. The van der Waals surface area contributed by atoms with Crippen LogP contribution in [-0.2, 0) is 6.42 Å². The Bertz CT molecular complexity index is 466. The zero-order valence-electron chi connectivity index (χ0n) is 8.28. The van der Waals surface area contributed by atoms with E-state index in [1.807, 2.05) is 30.3 Å². The standard InChI is InChI=1S/C13H12BrN/c14-12-6-3-4-10(9-12)8-11-5-1-2-7-13(11)15/h1-7,9H,8,15H2. The van der Waals surface area contributed by atoms with Crippen molar-refractivity contribution in [1.82, 2.24) is 0 Å². The van der Waals surface area contributed by atoms with Crippen LogP contribution in [0.4, 0.5) is 5.69 Å². The monoisotopic (exact) mass is 261 g/mol. The van der Waals surface area contributed by atoms with Gasteiger partial charge >= 0.3 is 0 Å². The van der Waals surface area contributed by atoms with Gasteiger partial charge in [0, 0.05) is 10.2 Å². The van der Waals surface area contributed by atoms with Crippen molar-refractivity contribution in [3.05, 3.63) is 64.1 Å². The van der Waals surface area contributed by atoms with Crippen LogP contribution in [0.25, 0.3) is 0 Å². The average Bonchev–Trinajstić information content (AvgIpc) is 2.22. The highest BCUT2D eigenvalue weighted by Gasteiger charge is 1.99. The molecule has 0 aliphatic carbocycles. The third-order valence-electron chi connectivity index (χ3n) is 2.34. The predicted molar refractivity (Wildman–Crippen MR) is 67.8 cm³/mol. The Morgan fingerprint density at radius 2 is 1.80 bits per heavy atom. The van der Waals surface area contributed by atoms with Crippen LogP contribution in [0, 0.1) is 0 Å². The van der Waals surface area contributed by atoms with Crippen LogP contribution in [0.3, 0.4) is 0 Å². The van der Waals surface area contributed by atoms with Gasteiger partial charge in [-0.05, 0) is 35.7 Å². The molecule has 15 heavy (non-hydrogen) atoms. The Hall–Kier alpha value is -1.28. The third-order valence-corrected chi connectivity index (χ3v) is 2.83. The van der Waals surface area contributed by atoms with Crippen molar-refractivity contribution in [1.29, 1.82) is 0 Å². The Morgan fingerprint density at radius 3 is 2.53 bits per heavy atom. The Morgan fingerprint density at radius 1 is 1.00 bits per heavy atom. The minimum absolute atomic E-state index is 0.859. The molecule has 0 unspecified atom stereocenters. The van der Waals surface area contributed by atoms with Crippen molar-refractivity contribution in [2.24, 2.45) is 0 Å². The second-order valence-electron chi connectivity index (χ2n) is 3.51. The zero-order chi connectivity index (χ0) is 10.7. The van der Waals surface area contributed by atoms with E-state index in [9.17, 15) is 0 Å².